The monoisotopic (exact) mass is 810 g/mol. The summed E-state index contributed by atoms with van der Waals surface area (Å²) in [5, 5.41) is 0. The van der Waals surface area contributed by atoms with Crippen molar-refractivity contribution in [2.75, 3.05) is 13.2 Å². The molecule has 0 aliphatic heterocycles. The number of esters is 2. The van der Waals surface area contributed by atoms with Gasteiger partial charge in [-0.2, -0.15) is 0 Å². The van der Waals surface area contributed by atoms with Gasteiger partial charge in [0, 0.05) is 24.0 Å². The lowest BCUT2D eigenvalue weighted by Gasteiger charge is -2.14. The molecule has 0 fully saturated rings. The molecule has 5 rings (SSSR count). The van der Waals surface area contributed by atoms with E-state index >= 15 is 0 Å². The van der Waals surface area contributed by atoms with E-state index in [1.165, 1.54) is 77.0 Å². The number of carbonyl (C=O) groups is 2. The van der Waals surface area contributed by atoms with Crippen molar-refractivity contribution in [2.45, 2.75) is 129 Å². The van der Waals surface area contributed by atoms with E-state index in [4.69, 9.17) is 18.9 Å². The molecule has 0 saturated carbocycles. The SMILES string of the molecule is CCCCCCCCCCOc1ccc(OC(=O)c2ccc(C(=O)Oc3ccc(OCCCCCCCCCC)cc3Cc3ccccc3)cc2)c(Cc2ccccc2)c1. The maximum Gasteiger partial charge on any atom is 0.343 e. The first kappa shape index (κ1) is 45.7. The average Bonchev–Trinajstić information content (AvgIpc) is 3.27. The van der Waals surface area contributed by atoms with Crippen LogP contribution in [0.2, 0.25) is 0 Å². The van der Waals surface area contributed by atoms with Crippen LogP contribution < -0.4 is 18.9 Å². The smallest absolute Gasteiger partial charge is 0.343 e. The third kappa shape index (κ3) is 16.4. The van der Waals surface area contributed by atoms with Crippen LogP contribution in [-0.2, 0) is 12.8 Å². The van der Waals surface area contributed by atoms with Gasteiger partial charge in [0.05, 0.1) is 24.3 Å². The van der Waals surface area contributed by atoms with Crippen molar-refractivity contribution >= 4 is 11.9 Å². The van der Waals surface area contributed by atoms with E-state index in [1.54, 1.807) is 24.3 Å². The summed E-state index contributed by atoms with van der Waals surface area (Å²) in [5.74, 6) is 1.46. The van der Waals surface area contributed by atoms with Gasteiger partial charge in [-0.3, -0.25) is 0 Å². The van der Waals surface area contributed by atoms with Crippen LogP contribution in [0.5, 0.6) is 23.0 Å². The number of hydrogen-bond donors (Lipinski definition) is 0. The highest BCUT2D eigenvalue weighted by Crippen LogP contribution is 2.30. The fourth-order valence-electron chi connectivity index (χ4n) is 7.31. The van der Waals surface area contributed by atoms with Gasteiger partial charge in [0.25, 0.3) is 0 Å². The molecule has 0 aliphatic rings. The van der Waals surface area contributed by atoms with Crippen LogP contribution in [0.15, 0.2) is 121 Å². The highest BCUT2D eigenvalue weighted by Gasteiger charge is 2.17. The summed E-state index contributed by atoms with van der Waals surface area (Å²) in [5.41, 5.74) is 4.58. The number of carbonyl (C=O) groups excluding carboxylic acids is 2. The number of hydrogen-bond acceptors (Lipinski definition) is 6. The Labute approximate surface area is 359 Å². The summed E-state index contributed by atoms with van der Waals surface area (Å²) >= 11 is 0. The van der Waals surface area contributed by atoms with Crippen LogP contribution in [0.4, 0.5) is 0 Å². The number of benzene rings is 5. The van der Waals surface area contributed by atoms with E-state index in [9.17, 15) is 9.59 Å². The van der Waals surface area contributed by atoms with Gasteiger partial charge >= 0.3 is 11.9 Å². The molecule has 0 N–H and O–H groups in total. The number of ether oxygens (including phenoxy) is 4. The first-order valence-corrected chi connectivity index (χ1v) is 22.7. The zero-order valence-electron chi connectivity index (χ0n) is 36.1. The molecule has 6 nitrogen and oxygen atoms in total. The van der Waals surface area contributed by atoms with Crippen LogP contribution in [0.1, 0.15) is 160 Å². The van der Waals surface area contributed by atoms with Gasteiger partial charge in [0.1, 0.15) is 23.0 Å². The highest BCUT2D eigenvalue weighted by atomic mass is 16.5. The predicted molar refractivity (Wildman–Crippen MR) is 244 cm³/mol. The highest BCUT2D eigenvalue weighted by molar-refractivity contribution is 5.95. The van der Waals surface area contributed by atoms with Crippen molar-refractivity contribution in [3.05, 3.63) is 155 Å². The second-order valence-electron chi connectivity index (χ2n) is 15.9. The van der Waals surface area contributed by atoms with Gasteiger partial charge < -0.3 is 18.9 Å². The average molecular weight is 811 g/mol. The van der Waals surface area contributed by atoms with Crippen molar-refractivity contribution in [1.82, 2.24) is 0 Å². The van der Waals surface area contributed by atoms with E-state index in [0.29, 0.717) is 48.7 Å². The molecule has 60 heavy (non-hydrogen) atoms. The zero-order chi connectivity index (χ0) is 42.0. The van der Waals surface area contributed by atoms with E-state index in [1.807, 2.05) is 72.8 Å². The Hall–Kier alpha value is -5.36. The maximum absolute atomic E-state index is 13.5. The molecule has 0 unspecified atom stereocenters. The van der Waals surface area contributed by atoms with Crippen molar-refractivity contribution < 1.29 is 28.5 Å². The fourth-order valence-corrected chi connectivity index (χ4v) is 7.31. The Morgan fingerprint density at radius 3 is 1.12 bits per heavy atom. The molecule has 0 bridgehead atoms. The van der Waals surface area contributed by atoms with Crippen LogP contribution >= 0.6 is 0 Å². The van der Waals surface area contributed by atoms with Crippen molar-refractivity contribution in [3.63, 3.8) is 0 Å². The van der Waals surface area contributed by atoms with E-state index < -0.39 is 11.9 Å². The standard InChI is InChI=1S/C54H66O6/c1-3-5-7-9-11-13-15-23-37-57-49-33-35-51(47(41-49)39-43-25-19-17-20-26-43)59-53(55)45-29-31-46(32-30-45)54(56)60-52-36-34-50(42-48(52)40-44-27-21-18-22-28-44)58-38-24-16-14-12-10-8-6-4-2/h17-22,25-36,41-42H,3-16,23-24,37-40H2,1-2H3. The summed E-state index contributed by atoms with van der Waals surface area (Å²) in [6.45, 7) is 5.80. The molecule has 318 valence electrons. The molecule has 0 spiro atoms. The summed E-state index contributed by atoms with van der Waals surface area (Å²) < 4.78 is 24.2. The largest absolute Gasteiger partial charge is 0.494 e. The Morgan fingerprint density at radius 1 is 0.400 bits per heavy atom. The second kappa shape index (κ2) is 26.7. The van der Waals surface area contributed by atoms with E-state index in [0.717, 1.165) is 59.4 Å². The first-order valence-electron chi connectivity index (χ1n) is 22.7. The van der Waals surface area contributed by atoms with Crippen molar-refractivity contribution in [1.29, 1.82) is 0 Å². The third-order valence-electron chi connectivity index (χ3n) is 10.8. The van der Waals surface area contributed by atoms with E-state index in [-0.39, 0.29) is 0 Å². The molecule has 0 radical (unpaired) electrons. The summed E-state index contributed by atoms with van der Waals surface area (Å²) in [6, 6.07) is 37.9. The van der Waals surface area contributed by atoms with Gasteiger partial charge in [-0.25, -0.2) is 9.59 Å². The zero-order valence-corrected chi connectivity index (χ0v) is 36.1. The van der Waals surface area contributed by atoms with Crippen LogP contribution in [0.3, 0.4) is 0 Å². The minimum Gasteiger partial charge on any atom is -0.494 e. The van der Waals surface area contributed by atoms with Crippen molar-refractivity contribution in [3.8, 4) is 23.0 Å². The normalized spacial score (nSPS) is 11.0. The second-order valence-corrected chi connectivity index (χ2v) is 15.9. The fraction of sp³-hybridized carbons (Fsp3) is 0.407. The molecule has 0 atom stereocenters. The lowest BCUT2D eigenvalue weighted by atomic mass is 10.0. The summed E-state index contributed by atoms with van der Waals surface area (Å²) in [7, 11) is 0. The molecule has 5 aromatic rings. The molecule has 6 heteroatoms. The quantitative estimate of drug-likeness (QED) is 0.0285. The molecule has 5 aromatic carbocycles. The van der Waals surface area contributed by atoms with Crippen LogP contribution in [-0.4, -0.2) is 25.2 Å². The van der Waals surface area contributed by atoms with Gasteiger partial charge in [0.2, 0.25) is 0 Å². The summed E-state index contributed by atoms with van der Waals surface area (Å²) in [4.78, 5) is 27.0. The van der Waals surface area contributed by atoms with Gasteiger partial charge in [0.15, 0.2) is 0 Å². The molecular formula is C54H66O6. The van der Waals surface area contributed by atoms with Crippen LogP contribution in [0.25, 0.3) is 0 Å². The summed E-state index contributed by atoms with van der Waals surface area (Å²) in [6.07, 6.45) is 21.0. The van der Waals surface area contributed by atoms with Gasteiger partial charge in [-0.1, -0.05) is 164 Å². The lowest BCUT2D eigenvalue weighted by molar-refractivity contribution is 0.0719. The number of rotatable bonds is 28. The Bertz CT molecular complexity index is 1830. The molecule has 0 amide bonds. The Morgan fingerprint density at radius 2 is 0.750 bits per heavy atom. The van der Waals surface area contributed by atoms with E-state index in [2.05, 4.69) is 38.1 Å². The third-order valence-corrected chi connectivity index (χ3v) is 10.8. The van der Waals surface area contributed by atoms with Gasteiger partial charge in [-0.05, 0) is 84.6 Å². The lowest BCUT2D eigenvalue weighted by Crippen LogP contribution is -2.13. The minimum absolute atomic E-state index is 0.329. The molecular weight excluding hydrogens is 745 g/mol. The molecule has 0 aliphatic carbocycles. The Balaban J connectivity index is 1.18. The predicted octanol–water partition coefficient (Wildman–Crippen LogP) is 14.3. The topological polar surface area (TPSA) is 71.1 Å². The minimum atomic E-state index is -0.510. The first-order chi connectivity index (χ1) is 29.5. The molecule has 0 saturated heterocycles. The van der Waals surface area contributed by atoms with Gasteiger partial charge in [-0.15, -0.1) is 0 Å². The Kier molecular flexibility index (Phi) is 20.3. The maximum atomic E-state index is 13.5. The van der Waals surface area contributed by atoms with Crippen molar-refractivity contribution in [2.24, 2.45) is 0 Å². The number of unbranched alkanes of at least 4 members (excludes halogenated alkanes) is 14. The van der Waals surface area contributed by atoms with Crippen LogP contribution in [0, 0.1) is 0 Å². The molecule has 0 aromatic heterocycles. The molecule has 0 heterocycles.